The largest absolute Gasteiger partial charge is 1.00 e. The molecule has 114 valence electrons. The quantitative estimate of drug-likeness (QED) is 0.233. The Morgan fingerprint density at radius 2 is 1.68 bits per heavy atom. The van der Waals surface area contributed by atoms with E-state index < -0.39 is 0 Å². The predicted molar refractivity (Wildman–Crippen MR) is 76.4 cm³/mol. The summed E-state index contributed by atoms with van der Waals surface area (Å²) in [6.07, 6.45) is 9.15. The van der Waals surface area contributed by atoms with E-state index in [9.17, 15) is 4.79 Å². The molecule has 4 heteroatoms. The van der Waals surface area contributed by atoms with Crippen molar-refractivity contribution in [1.82, 2.24) is 0 Å². The Balaban J connectivity index is 0. The van der Waals surface area contributed by atoms with E-state index in [1.54, 1.807) is 0 Å². The van der Waals surface area contributed by atoms with Crippen LogP contribution in [0, 0.1) is 0 Å². The Hall–Kier alpha value is -0.350. The van der Waals surface area contributed by atoms with E-state index in [-0.39, 0.29) is 23.0 Å². The molecule has 0 aliphatic heterocycles. The summed E-state index contributed by atoms with van der Waals surface area (Å²) in [5.41, 5.74) is 0. The lowest BCUT2D eigenvalue weighted by molar-refractivity contribution is -0.890. The first-order valence-corrected chi connectivity index (χ1v) is 7.13. The van der Waals surface area contributed by atoms with Gasteiger partial charge in [0.25, 0.3) is 0 Å². The molecule has 0 aliphatic rings. The fraction of sp³-hybridized carbons (Fsp3) is 0.800. The lowest BCUT2D eigenvalue weighted by atomic mass is 10.1. The van der Waals surface area contributed by atoms with Crippen LogP contribution in [0.3, 0.4) is 0 Å². The summed E-state index contributed by atoms with van der Waals surface area (Å²) in [7, 11) is 4.38. The molecule has 0 amide bonds. The third-order valence-electron chi connectivity index (χ3n) is 3.22. The van der Waals surface area contributed by atoms with E-state index in [1.165, 1.54) is 44.6 Å². The van der Waals surface area contributed by atoms with Crippen LogP contribution in [0.4, 0.5) is 0 Å². The minimum absolute atomic E-state index is 0. The van der Waals surface area contributed by atoms with Crippen LogP contribution in [0.5, 0.6) is 0 Å². The SMILES string of the molecule is C=CC(=O)OCC[N+](C)(C)CCCCCCCC.[Br-]. The lowest BCUT2D eigenvalue weighted by Gasteiger charge is -2.29. The summed E-state index contributed by atoms with van der Waals surface area (Å²) in [4.78, 5) is 10.9. The minimum atomic E-state index is -0.324. The van der Waals surface area contributed by atoms with Gasteiger partial charge in [-0.1, -0.05) is 39.2 Å². The summed E-state index contributed by atoms with van der Waals surface area (Å²) in [5, 5.41) is 0. The van der Waals surface area contributed by atoms with Gasteiger partial charge in [-0.2, -0.15) is 0 Å². The molecule has 0 atom stereocenters. The Morgan fingerprint density at radius 3 is 2.26 bits per heavy atom. The van der Waals surface area contributed by atoms with Gasteiger partial charge in [0.05, 0.1) is 20.6 Å². The van der Waals surface area contributed by atoms with Crippen molar-refractivity contribution in [1.29, 1.82) is 0 Å². The minimum Gasteiger partial charge on any atom is -1.00 e. The number of ether oxygens (including phenoxy) is 1. The van der Waals surface area contributed by atoms with Crippen molar-refractivity contribution in [3.05, 3.63) is 12.7 Å². The van der Waals surface area contributed by atoms with Gasteiger partial charge >= 0.3 is 5.97 Å². The van der Waals surface area contributed by atoms with Crippen LogP contribution in [0.15, 0.2) is 12.7 Å². The molecule has 0 spiro atoms. The first kappa shape index (κ1) is 21.0. The fourth-order valence-corrected chi connectivity index (χ4v) is 1.88. The molecule has 0 aromatic heterocycles. The molecule has 0 unspecified atom stereocenters. The molecule has 0 aliphatic carbocycles. The van der Waals surface area contributed by atoms with Crippen molar-refractivity contribution >= 4 is 5.97 Å². The standard InChI is InChI=1S/C15H30NO2.BrH/c1-5-7-8-9-10-11-12-16(3,4)13-14-18-15(17)6-2;/h6H,2,5,7-14H2,1,3-4H3;1H/q+1;/p-1. The molecule has 0 saturated heterocycles. The van der Waals surface area contributed by atoms with E-state index in [2.05, 4.69) is 27.6 Å². The van der Waals surface area contributed by atoms with Crippen LogP contribution in [0.2, 0.25) is 0 Å². The topological polar surface area (TPSA) is 26.3 Å². The maximum Gasteiger partial charge on any atom is 0.330 e. The molecular weight excluding hydrogens is 306 g/mol. The van der Waals surface area contributed by atoms with Crippen molar-refractivity contribution in [3.8, 4) is 0 Å². The van der Waals surface area contributed by atoms with E-state index in [4.69, 9.17) is 4.74 Å². The molecule has 0 aromatic rings. The first-order chi connectivity index (χ1) is 8.52. The van der Waals surface area contributed by atoms with Gasteiger partial charge in [-0.3, -0.25) is 0 Å². The zero-order valence-electron chi connectivity index (χ0n) is 12.8. The fourth-order valence-electron chi connectivity index (χ4n) is 1.88. The van der Waals surface area contributed by atoms with Crippen molar-refractivity contribution in [2.45, 2.75) is 45.4 Å². The molecule has 0 rings (SSSR count). The molecule has 0 saturated carbocycles. The molecular formula is C15H30BrNO2. The predicted octanol–water partition coefficient (Wildman–Crippen LogP) is 0.157. The van der Waals surface area contributed by atoms with E-state index in [0.717, 1.165) is 17.6 Å². The molecule has 0 heterocycles. The monoisotopic (exact) mass is 335 g/mol. The van der Waals surface area contributed by atoms with Gasteiger partial charge in [-0.15, -0.1) is 0 Å². The molecule has 0 radical (unpaired) electrons. The number of hydrogen-bond acceptors (Lipinski definition) is 2. The maximum absolute atomic E-state index is 10.9. The summed E-state index contributed by atoms with van der Waals surface area (Å²) < 4.78 is 5.93. The number of quaternary nitrogens is 1. The van der Waals surface area contributed by atoms with Crippen molar-refractivity contribution in [3.63, 3.8) is 0 Å². The lowest BCUT2D eigenvalue weighted by Crippen LogP contribution is -3.00. The highest BCUT2D eigenvalue weighted by Gasteiger charge is 2.14. The highest BCUT2D eigenvalue weighted by molar-refractivity contribution is 5.81. The van der Waals surface area contributed by atoms with E-state index >= 15 is 0 Å². The zero-order valence-corrected chi connectivity index (χ0v) is 14.4. The maximum atomic E-state index is 10.9. The number of esters is 1. The van der Waals surface area contributed by atoms with Gasteiger partial charge in [0, 0.05) is 6.08 Å². The second-order valence-electron chi connectivity index (χ2n) is 5.52. The molecule has 19 heavy (non-hydrogen) atoms. The second-order valence-corrected chi connectivity index (χ2v) is 5.52. The zero-order chi connectivity index (χ0) is 13.9. The third kappa shape index (κ3) is 13.9. The highest BCUT2D eigenvalue weighted by Crippen LogP contribution is 2.08. The van der Waals surface area contributed by atoms with Gasteiger partial charge in [0.1, 0.15) is 13.2 Å². The number of carbonyl (C=O) groups excluding carboxylic acids is 1. The number of rotatable bonds is 11. The Labute approximate surface area is 129 Å². The Morgan fingerprint density at radius 1 is 1.11 bits per heavy atom. The van der Waals surface area contributed by atoms with Crippen molar-refractivity contribution < 1.29 is 31.0 Å². The van der Waals surface area contributed by atoms with Crippen LogP contribution in [-0.2, 0) is 9.53 Å². The summed E-state index contributed by atoms with van der Waals surface area (Å²) >= 11 is 0. The average molecular weight is 336 g/mol. The first-order valence-electron chi connectivity index (χ1n) is 7.13. The summed E-state index contributed by atoms with van der Waals surface area (Å²) in [5.74, 6) is -0.324. The van der Waals surface area contributed by atoms with Crippen LogP contribution < -0.4 is 17.0 Å². The molecule has 3 nitrogen and oxygen atoms in total. The van der Waals surface area contributed by atoms with Crippen molar-refractivity contribution in [2.24, 2.45) is 0 Å². The smallest absolute Gasteiger partial charge is 0.330 e. The number of unbranched alkanes of at least 4 members (excludes halogenated alkanes) is 5. The number of hydrogen-bond donors (Lipinski definition) is 0. The van der Waals surface area contributed by atoms with Gasteiger partial charge in [0.2, 0.25) is 0 Å². The summed E-state index contributed by atoms with van der Waals surface area (Å²) in [6.45, 7) is 8.12. The summed E-state index contributed by atoms with van der Waals surface area (Å²) in [6, 6.07) is 0. The van der Waals surface area contributed by atoms with Crippen LogP contribution >= 0.6 is 0 Å². The van der Waals surface area contributed by atoms with E-state index in [1.807, 2.05) is 0 Å². The molecule has 0 fully saturated rings. The normalized spacial score (nSPS) is 10.7. The highest BCUT2D eigenvalue weighted by atomic mass is 79.9. The average Bonchev–Trinajstić information content (AvgIpc) is 2.33. The number of halogens is 1. The van der Waals surface area contributed by atoms with Crippen molar-refractivity contribution in [2.75, 3.05) is 33.8 Å². The Bertz CT molecular complexity index is 242. The Kier molecular flexibility index (Phi) is 14.0. The third-order valence-corrected chi connectivity index (χ3v) is 3.22. The van der Waals surface area contributed by atoms with Crippen LogP contribution in [0.25, 0.3) is 0 Å². The van der Waals surface area contributed by atoms with Crippen LogP contribution in [-0.4, -0.2) is 44.2 Å². The van der Waals surface area contributed by atoms with Gasteiger partial charge in [0.15, 0.2) is 0 Å². The van der Waals surface area contributed by atoms with Crippen LogP contribution in [0.1, 0.15) is 45.4 Å². The number of carbonyl (C=O) groups is 1. The molecule has 0 aromatic carbocycles. The van der Waals surface area contributed by atoms with Gasteiger partial charge in [-0.25, -0.2) is 4.79 Å². The van der Waals surface area contributed by atoms with Gasteiger partial charge < -0.3 is 26.2 Å². The van der Waals surface area contributed by atoms with E-state index in [0.29, 0.717) is 6.61 Å². The number of likely N-dealkylation sites (N-methyl/N-ethyl adjacent to an activating group) is 1. The number of nitrogens with zero attached hydrogens (tertiary/aromatic N) is 1. The second kappa shape index (κ2) is 12.7. The van der Waals surface area contributed by atoms with Gasteiger partial charge in [-0.05, 0) is 12.8 Å². The molecule has 0 bridgehead atoms. The molecule has 0 N–H and O–H groups in total.